The first kappa shape index (κ1) is 13.6. The average molecular weight is 299 g/mol. The molecule has 2 rings (SSSR count). The van der Waals surface area contributed by atoms with Crippen LogP contribution in [0.3, 0.4) is 0 Å². The van der Waals surface area contributed by atoms with Crippen LogP contribution in [-0.2, 0) is 4.79 Å². The predicted molar refractivity (Wildman–Crippen MR) is 73.4 cm³/mol. The minimum atomic E-state index is -0.400. The molecular weight excluding hydrogens is 288 g/mol. The van der Waals surface area contributed by atoms with Gasteiger partial charge in [-0.1, -0.05) is 23.4 Å². The number of halogens is 1. The van der Waals surface area contributed by atoms with Gasteiger partial charge in [0.2, 0.25) is 11.1 Å². The molecule has 0 aliphatic carbocycles. The first-order valence-corrected chi connectivity index (χ1v) is 6.57. The first-order valence-electron chi connectivity index (χ1n) is 5.31. The van der Waals surface area contributed by atoms with Crippen molar-refractivity contribution in [2.24, 2.45) is 0 Å². The minimum Gasteiger partial charge on any atom is -0.336 e. The number of nitrogens with one attached hydrogen (secondary N) is 1. The van der Waals surface area contributed by atoms with E-state index in [1.165, 1.54) is 22.8 Å². The van der Waals surface area contributed by atoms with Gasteiger partial charge in [-0.3, -0.25) is 4.79 Å². The molecule has 1 amide bonds. The van der Waals surface area contributed by atoms with E-state index in [-0.39, 0.29) is 11.1 Å². The number of nitrogens with two attached hydrogens (primary N) is 1. The SMILES string of the molecule is C[C@H](Sc1nncn1N)C(=O)Nc1cccnc1Cl. The molecule has 0 fully saturated rings. The van der Waals surface area contributed by atoms with Crippen LogP contribution < -0.4 is 11.2 Å². The number of carbonyl (C=O) groups is 1. The Hall–Kier alpha value is -1.80. The summed E-state index contributed by atoms with van der Waals surface area (Å²) in [5.41, 5.74) is 0.468. The van der Waals surface area contributed by atoms with Gasteiger partial charge >= 0.3 is 0 Å². The van der Waals surface area contributed by atoms with Gasteiger partial charge in [0.1, 0.15) is 6.33 Å². The number of amides is 1. The van der Waals surface area contributed by atoms with E-state index in [0.717, 1.165) is 0 Å². The third-order valence-electron chi connectivity index (χ3n) is 2.21. The van der Waals surface area contributed by atoms with E-state index in [4.69, 9.17) is 17.4 Å². The second-order valence-electron chi connectivity index (χ2n) is 3.61. The maximum Gasteiger partial charge on any atom is 0.237 e. The van der Waals surface area contributed by atoms with Crippen LogP contribution in [0.25, 0.3) is 0 Å². The summed E-state index contributed by atoms with van der Waals surface area (Å²) in [6.45, 7) is 1.74. The van der Waals surface area contributed by atoms with Crippen molar-refractivity contribution in [3.63, 3.8) is 0 Å². The number of carbonyl (C=O) groups excluding carboxylic acids is 1. The van der Waals surface area contributed by atoms with Crippen molar-refractivity contribution >= 4 is 35.0 Å². The molecular formula is C10H11ClN6OS. The summed E-state index contributed by atoms with van der Waals surface area (Å²) in [7, 11) is 0. The lowest BCUT2D eigenvalue weighted by Crippen LogP contribution is -2.23. The molecule has 0 saturated carbocycles. The minimum absolute atomic E-state index is 0.220. The second-order valence-corrected chi connectivity index (χ2v) is 5.28. The number of nitrogens with zero attached hydrogens (tertiary/aromatic N) is 4. The average Bonchev–Trinajstić information content (AvgIpc) is 2.78. The largest absolute Gasteiger partial charge is 0.336 e. The summed E-state index contributed by atoms with van der Waals surface area (Å²) in [5, 5.41) is 10.4. The van der Waals surface area contributed by atoms with Crippen LogP contribution in [0.15, 0.2) is 29.8 Å². The smallest absolute Gasteiger partial charge is 0.237 e. The van der Waals surface area contributed by atoms with Gasteiger partial charge in [0.25, 0.3) is 0 Å². The van der Waals surface area contributed by atoms with Gasteiger partial charge < -0.3 is 11.2 Å². The Balaban J connectivity index is 2.00. The van der Waals surface area contributed by atoms with E-state index in [1.54, 1.807) is 25.3 Å². The Morgan fingerprint density at radius 1 is 1.63 bits per heavy atom. The van der Waals surface area contributed by atoms with Gasteiger partial charge in [0.05, 0.1) is 10.9 Å². The highest BCUT2D eigenvalue weighted by Crippen LogP contribution is 2.22. The Bertz CT molecular complexity index is 589. The van der Waals surface area contributed by atoms with Gasteiger partial charge in [-0.2, -0.15) is 0 Å². The summed E-state index contributed by atoms with van der Waals surface area (Å²) < 4.78 is 1.26. The van der Waals surface area contributed by atoms with Gasteiger partial charge in [-0.15, -0.1) is 10.2 Å². The number of hydrogen-bond donors (Lipinski definition) is 2. The maximum atomic E-state index is 12.0. The Labute approximate surface area is 118 Å². The van der Waals surface area contributed by atoms with Crippen molar-refractivity contribution in [1.29, 1.82) is 0 Å². The zero-order valence-electron chi connectivity index (χ0n) is 9.95. The van der Waals surface area contributed by atoms with Crippen molar-refractivity contribution in [1.82, 2.24) is 19.9 Å². The standard InChI is InChI=1S/C10H11ClN6OS/c1-6(19-10-16-14-5-17(10)12)9(18)15-7-3-2-4-13-8(7)11/h2-6H,12H2,1H3,(H,15,18)/t6-/m0/s1. The van der Waals surface area contributed by atoms with Gasteiger partial charge in [-0.05, 0) is 19.1 Å². The molecule has 3 N–H and O–H groups in total. The van der Waals surface area contributed by atoms with Gasteiger partial charge in [-0.25, -0.2) is 9.66 Å². The predicted octanol–water partition coefficient (Wildman–Crippen LogP) is 1.16. The first-order chi connectivity index (χ1) is 9.08. The number of anilines is 1. The maximum absolute atomic E-state index is 12.0. The van der Waals surface area contributed by atoms with E-state index >= 15 is 0 Å². The highest BCUT2D eigenvalue weighted by molar-refractivity contribution is 8.00. The van der Waals surface area contributed by atoms with E-state index in [2.05, 4.69) is 20.5 Å². The highest BCUT2D eigenvalue weighted by Gasteiger charge is 2.18. The lowest BCUT2D eigenvalue weighted by atomic mass is 10.4. The fraction of sp³-hybridized carbons (Fsp3) is 0.200. The van der Waals surface area contributed by atoms with Crippen molar-refractivity contribution in [2.45, 2.75) is 17.3 Å². The zero-order valence-corrected chi connectivity index (χ0v) is 11.5. The quantitative estimate of drug-likeness (QED) is 0.499. The monoisotopic (exact) mass is 298 g/mol. The van der Waals surface area contributed by atoms with E-state index < -0.39 is 5.25 Å². The molecule has 100 valence electrons. The van der Waals surface area contributed by atoms with Crippen LogP contribution in [0, 0.1) is 0 Å². The van der Waals surface area contributed by atoms with Crippen LogP contribution in [0.4, 0.5) is 5.69 Å². The molecule has 0 aliphatic heterocycles. The highest BCUT2D eigenvalue weighted by atomic mass is 35.5. The summed E-state index contributed by atoms with van der Waals surface area (Å²) in [6.07, 6.45) is 2.91. The van der Waals surface area contributed by atoms with E-state index in [0.29, 0.717) is 10.8 Å². The Morgan fingerprint density at radius 3 is 3.05 bits per heavy atom. The molecule has 0 unspecified atom stereocenters. The third-order valence-corrected chi connectivity index (χ3v) is 3.58. The van der Waals surface area contributed by atoms with Crippen LogP contribution in [-0.4, -0.2) is 31.0 Å². The van der Waals surface area contributed by atoms with E-state index in [1.807, 2.05) is 0 Å². The second kappa shape index (κ2) is 5.89. The number of pyridine rings is 1. The van der Waals surface area contributed by atoms with Crippen molar-refractivity contribution in [2.75, 3.05) is 11.2 Å². The summed E-state index contributed by atoms with van der Waals surface area (Å²) >= 11 is 7.06. The Kier molecular flexibility index (Phi) is 4.23. The van der Waals surface area contributed by atoms with E-state index in [9.17, 15) is 4.79 Å². The summed E-state index contributed by atoms with van der Waals surface area (Å²) in [6, 6.07) is 3.37. The molecule has 0 aromatic carbocycles. The molecule has 7 nitrogen and oxygen atoms in total. The summed E-state index contributed by atoms with van der Waals surface area (Å²) in [4.78, 5) is 15.9. The fourth-order valence-corrected chi connectivity index (χ4v) is 2.15. The molecule has 0 bridgehead atoms. The van der Waals surface area contributed by atoms with Crippen LogP contribution in [0.2, 0.25) is 5.15 Å². The number of thioether (sulfide) groups is 1. The molecule has 0 radical (unpaired) electrons. The number of hydrogen-bond acceptors (Lipinski definition) is 6. The third kappa shape index (κ3) is 3.36. The summed E-state index contributed by atoms with van der Waals surface area (Å²) in [5.74, 6) is 5.35. The molecule has 0 aliphatic rings. The lowest BCUT2D eigenvalue weighted by Gasteiger charge is -2.11. The fourth-order valence-electron chi connectivity index (χ4n) is 1.24. The van der Waals surface area contributed by atoms with Crippen LogP contribution in [0.5, 0.6) is 0 Å². The van der Waals surface area contributed by atoms with Crippen molar-refractivity contribution in [3.8, 4) is 0 Å². The normalized spacial score (nSPS) is 12.1. The Morgan fingerprint density at radius 2 is 2.42 bits per heavy atom. The molecule has 9 heteroatoms. The molecule has 0 spiro atoms. The lowest BCUT2D eigenvalue weighted by molar-refractivity contribution is -0.115. The molecule has 1 atom stereocenters. The molecule has 2 aromatic heterocycles. The number of rotatable bonds is 4. The zero-order chi connectivity index (χ0) is 13.8. The number of nitrogen functional groups attached to an aromatic ring is 1. The van der Waals surface area contributed by atoms with Gasteiger partial charge in [0.15, 0.2) is 5.15 Å². The van der Waals surface area contributed by atoms with Crippen LogP contribution >= 0.6 is 23.4 Å². The molecule has 2 aromatic rings. The van der Waals surface area contributed by atoms with Crippen molar-refractivity contribution in [3.05, 3.63) is 29.8 Å². The topological polar surface area (TPSA) is 98.7 Å². The van der Waals surface area contributed by atoms with Crippen LogP contribution in [0.1, 0.15) is 6.92 Å². The molecule has 2 heterocycles. The van der Waals surface area contributed by atoms with Crippen molar-refractivity contribution < 1.29 is 4.79 Å². The van der Waals surface area contributed by atoms with Gasteiger partial charge in [0, 0.05) is 6.20 Å². The molecule has 0 saturated heterocycles. The number of aromatic nitrogens is 4. The molecule has 19 heavy (non-hydrogen) atoms.